The molecule has 1 amide bonds. The molecule has 1 aromatic carbocycles. The van der Waals surface area contributed by atoms with E-state index in [1.54, 1.807) is 7.05 Å². The van der Waals surface area contributed by atoms with E-state index < -0.39 is 5.82 Å². The summed E-state index contributed by atoms with van der Waals surface area (Å²) in [6.07, 6.45) is 0. The van der Waals surface area contributed by atoms with Gasteiger partial charge in [0.05, 0.1) is 5.56 Å². The van der Waals surface area contributed by atoms with Crippen LogP contribution >= 0.6 is 28.3 Å². The molecule has 0 aliphatic rings. The van der Waals surface area contributed by atoms with Crippen molar-refractivity contribution in [2.75, 3.05) is 20.1 Å². The fourth-order valence-electron chi connectivity index (χ4n) is 1.07. The predicted molar refractivity (Wildman–Crippen MR) is 67.6 cm³/mol. The molecule has 0 fully saturated rings. The van der Waals surface area contributed by atoms with Gasteiger partial charge in [0.1, 0.15) is 5.82 Å². The van der Waals surface area contributed by atoms with Gasteiger partial charge in [0.15, 0.2) is 0 Å². The van der Waals surface area contributed by atoms with Gasteiger partial charge in [-0.15, -0.1) is 12.4 Å². The van der Waals surface area contributed by atoms with Gasteiger partial charge in [0, 0.05) is 17.6 Å². The second kappa shape index (κ2) is 7.60. The molecule has 0 aliphatic carbocycles. The normalized spacial score (nSPS) is 9.44. The molecule has 90 valence electrons. The average Bonchev–Trinajstić information content (AvgIpc) is 2.22. The van der Waals surface area contributed by atoms with E-state index in [0.717, 1.165) is 0 Å². The summed E-state index contributed by atoms with van der Waals surface area (Å²) in [6.45, 7) is 1.19. The van der Waals surface area contributed by atoms with Gasteiger partial charge in [-0.25, -0.2) is 4.39 Å². The standard InChI is InChI=1S/C10H12BrFN2O.ClH/c1-13-4-5-14-10(15)8-6-7(12)2-3-9(8)11;/h2-3,6,13H,4-5H2,1H3,(H,14,15);1H. The van der Waals surface area contributed by atoms with Crippen molar-refractivity contribution in [2.45, 2.75) is 0 Å². The average molecular weight is 312 g/mol. The largest absolute Gasteiger partial charge is 0.351 e. The van der Waals surface area contributed by atoms with E-state index >= 15 is 0 Å². The minimum atomic E-state index is -0.419. The number of amides is 1. The third-order valence-electron chi connectivity index (χ3n) is 1.83. The summed E-state index contributed by atoms with van der Waals surface area (Å²) < 4.78 is 13.5. The highest BCUT2D eigenvalue weighted by molar-refractivity contribution is 9.10. The van der Waals surface area contributed by atoms with Crippen molar-refractivity contribution in [1.82, 2.24) is 10.6 Å². The SMILES string of the molecule is CNCCNC(=O)c1cc(F)ccc1Br.Cl. The zero-order chi connectivity index (χ0) is 11.3. The molecule has 3 nitrogen and oxygen atoms in total. The molecule has 0 aliphatic heterocycles. The van der Waals surface area contributed by atoms with Crippen molar-refractivity contribution in [2.24, 2.45) is 0 Å². The minimum absolute atomic E-state index is 0. The number of nitrogens with one attached hydrogen (secondary N) is 2. The highest BCUT2D eigenvalue weighted by Gasteiger charge is 2.09. The summed E-state index contributed by atoms with van der Waals surface area (Å²) in [6, 6.07) is 4.02. The Labute approximate surface area is 108 Å². The first-order valence-electron chi connectivity index (χ1n) is 4.53. The predicted octanol–water partition coefficient (Wildman–Crippen LogP) is 1.96. The van der Waals surface area contributed by atoms with Crippen LogP contribution in [0, 0.1) is 5.82 Å². The molecule has 2 N–H and O–H groups in total. The van der Waals surface area contributed by atoms with Crippen molar-refractivity contribution < 1.29 is 9.18 Å². The third-order valence-corrected chi connectivity index (χ3v) is 2.53. The molecule has 0 atom stereocenters. The monoisotopic (exact) mass is 310 g/mol. The van der Waals surface area contributed by atoms with E-state index in [4.69, 9.17) is 0 Å². The van der Waals surface area contributed by atoms with E-state index in [1.165, 1.54) is 18.2 Å². The van der Waals surface area contributed by atoms with E-state index in [2.05, 4.69) is 26.6 Å². The third kappa shape index (κ3) is 4.47. The van der Waals surface area contributed by atoms with Crippen molar-refractivity contribution >= 4 is 34.2 Å². The fraction of sp³-hybridized carbons (Fsp3) is 0.300. The molecule has 1 aromatic rings. The van der Waals surface area contributed by atoms with Gasteiger partial charge in [-0.2, -0.15) is 0 Å². The van der Waals surface area contributed by atoms with Crippen LogP contribution < -0.4 is 10.6 Å². The molecule has 0 unspecified atom stereocenters. The van der Waals surface area contributed by atoms with Crippen molar-refractivity contribution in [3.8, 4) is 0 Å². The Hall–Kier alpha value is -0.650. The van der Waals surface area contributed by atoms with E-state index in [-0.39, 0.29) is 18.3 Å². The first-order valence-corrected chi connectivity index (χ1v) is 5.32. The van der Waals surface area contributed by atoms with Gasteiger partial charge in [0.2, 0.25) is 0 Å². The smallest absolute Gasteiger partial charge is 0.252 e. The number of hydrogen-bond donors (Lipinski definition) is 2. The quantitative estimate of drug-likeness (QED) is 0.835. The lowest BCUT2D eigenvalue weighted by molar-refractivity contribution is 0.0953. The Bertz CT molecular complexity index is 363. The maximum absolute atomic E-state index is 12.9. The number of rotatable bonds is 4. The van der Waals surface area contributed by atoms with E-state index in [0.29, 0.717) is 23.1 Å². The highest BCUT2D eigenvalue weighted by atomic mass is 79.9. The van der Waals surface area contributed by atoms with Gasteiger partial charge >= 0.3 is 0 Å². The molecule has 0 radical (unpaired) electrons. The van der Waals surface area contributed by atoms with Gasteiger partial charge < -0.3 is 10.6 Å². The molecular weight excluding hydrogens is 298 g/mol. The van der Waals surface area contributed by atoms with Crippen LogP contribution in [0.5, 0.6) is 0 Å². The van der Waals surface area contributed by atoms with Gasteiger partial charge in [-0.05, 0) is 41.2 Å². The number of carbonyl (C=O) groups excluding carboxylic acids is 1. The molecule has 0 bridgehead atoms. The molecule has 0 saturated heterocycles. The van der Waals surface area contributed by atoms with Crippen LogP contribution in [0.3, 0.4) is 0 Å². The lowest BCUT2D eigenvalue weighted by Gasteiger charge is -2.06. The van der Waals surface area contributed by atoms with Crippen LogP contribution in [0.1, 0.15) is 10.4 Å². The van der Waals surface area contributed by atoms with Gasteiger partial charge in [-0.1, -0.05) is 0 Å². The molecule has 16 heavy (non-hydrogen) atoms. The number of halogens is 3. The Morgan fingerprint density at radius 1 is 1.44 bits per heavy atom. The van der Waals surface area contributed by atoms with Crippen LogP contribution in [-0.2, 0) is 0 Å². The minimum Gasteiger partial charge on any atom is -0.351 e. The summed E-state index contributed by atoms with van der Waals surface area (Å²) in [5.41, 5.74) is 0.311. The molecule has 0 heterocycles. The number of benzene rings is 1. The summed E-state index contributed by atoms with van der Waals surface area (Å²) in [7, 11) is 1.80. The summed E-state index contributed by atoms with van der Waals surface area (Å²) in [5, 5.41) is 5.57. The van der Waals surface area contributed by atoms with Crippen LogP contribution in [-0.4, -0.2) is 26.0 Å². The number of hydrogen-bond acceptors (Lipinski definition) is 2. The molecule has 0 aromatic heterocycles. The van der Waals surface area contributed by atoms with Crippen LogP contribution in [0.4, 0.5) is 4.39 Å². The lowest BCUT2D eigenvalue weighted by Crippen LogP contribution is -2.30. The first-order chi connectivity index (χ1) is 7.15. The van der Waals surface area contributed by atoms with Crippen LogP contribution in [0.15, 0.2) is 22.7 Å². The molecular formula is C10H13BrClFN2O. The Morgan fingerprint density at radius 3 is 2.75 bits per heavy atom. The van der Waals surface area contributed by atoms with Crippen molar-refractivity contribution in [3.63, 3.8) is 0 Å². The van der Waals surface area contributed by atoms with Crippen molar-refractivity contribution in [3.05, 3.63) is 34.1 Å². The summed E-state index contributed by atoms with van der Waals surface area (Å²) >= 11 is 3.20. The molecule has 1 rings (SSSR count). The van der Waals surface area contributed by atoms with E-state index in [9.17, 15) is 9.18 Å². The second-order valence-electron chi connectivity index (χ2n) is 2.98. The topological polar surface area (TPSA) is 41.1 Å². The van der Waals surface area contributed by atoms with E-state index in [1.807, 2.05) is 0 Å². The first kappa shape index (κ1) is 15.3. The molecule has 0 saturated carbocycles. The lowest BCUT2D eigenvalue weighted by atomic mass is 10.2. The van der Waals surface area contributed by atoms with Crippen LogP contribution in [0.25, 0.3) is 0 Å². The van der Waals surface area contributed by atoms with Gasteiger partial charge in [-0.3, -0.25) is 4.79 Å². The number of likely N-dealkylation sites (N-methyl/N-ethyl adjacent to an activating group) is 1. The highest BCUT2D eigenvalue weighted by Crippen LogP contribution is 2.17. The maximum Gasteiger partial charge on any atom is 0.252 e. The zero-order valence-corrected chi connectivity index (χ0v) is 11.1. The Kier molecular flexibility index (Phi) is 7.29. The molecule has 6 heteroatoms. The van der Waals surface area contributed by atoms with Gasteiger partial charge in [0.25, 0.3) is 5.91 Å². The second-order valence-corrected chi connectivity index (χ2v) is 3.84. The maximum atomic E-state index is 12.9. The number of carbonyl (C=O) groups is 1. The zero-order valence-electron chi connectivity index (χ0n) is 8.72. The summed E-state index contributed by atoms with van der Waals surface area (Å²) in [4.78, 5) is 11.6. The summed E-state index contributed by atoms with van der Waals surface area (Å²) in [5.74, 6) is -0.700. The van der Waals surface area contributed by atoms with Crippen molar-refractivity contribution in [1.29, 1.82) is 0 Å². The molecule has 0 spiro atoms. The van der Waals surface area contributed by atoms with Crippen LogP contribution in [0.2, 0.25) is 0 Å². The Balaban J connectivity index is 0.00000225. The fourth-order valence-corrected chi connectivity index (χ4v) is 1.49. The Morgan fingerprint density at radius 2 is 2.12 bits per heavy atom.